The van der Waals surface area contributed by atoms with Crippen molar-refractivity contribution in [3.8, 4) is 11.1 Å². The number of aryl methyl sites for hydroxylation is 2. The van der Waals surface area contributed by atoms with E-state index >= 15 is 0 Å². The van der Waals surface area contributed by atoms with Gasteiger partial charge in [-0.25, -0.2) is 4.98 Å². The van der Waals surface area contributed by atoms with Crippen molar-refractivity contribution >= 4 is 34.7 Å². The molecule has 0 aliphatic carbocycles. The van der Waals surface area contributed by atoms with Gasteiger partial charge in [0, 0.05) is 23.4 Å². The number of hydrogen-bond acceptors (Lipinski definition) is 5. The second kappa shape index (κ2) is 6.94. The van der Waals surface area contributed by atoms with E-state index in [1.165, 1.54) is 0 Å². The van der Waals surface area contributed by atoms with Crippen LogP contribution in [0.25, 0.3) is 11.1 Å². The van der Waals surface area contributed by atoms with Gasteiger partial charge in [-0.15, -0.1) is 0 Å². The van der Waals surface area contributed by atoms with E-state index in [1.54, 1.807) is 12.3 Å². The molecule has 130 valence electrons. The summed E-state index contributed by atoms with van der Waals surface area (Å²) in [6.45, 7) is 5.78. The molecule has 0 saturated carbocycles. The zero-order valence-corrected chi connectivity index (χ0v) is 15.6. The predicted octanol–water partition coefficient (Wildman–Crippen LogP) is 5.42. The summed E-state index contributed by atoms with van der Waals surface area (Å²) in [6.07, 6.45) is 1.72. The van der Waals surface area contributed by atoms with Gasteiger partial charge in [-0.1, -0.05) is 34.4 Å². The maximum atomic E-state index is 6.11. The summed E-state index contributed by atoms with van der Waals surface area (Å²) in [4.78, 5) is 4.29. The van der Waals surface area contributed by atoms with Crippen molar-refractivity contribution in [1.82, 2.24) is 10.1 Å². The number of hydrogen-bond donors (Lipinski definition) is 2. The summed E-state index contributed by atoms with van der Waals surface area (Å²) < 4.78 is 5.24. The van der Waals surface area contributed by atoms with Crippen LogP contribution in [0.3, 0.4) is 0 Å². The van der Waals surface area contributed by atoms with E-state index in [9.17, 15) is 0 Å². The topological polar surface area (TPSA) is 77.0 Å². The highest BCUT2D eigenvalue weighted by atomic mass is 35.5. The summed E-state index contributed by atoms with van der Waals surface area (Å²) in [5.74, 6) is 1.16. The van der Waals surface area contributed by atoms with Crippen molar-refractivity contribution in [3.63, 3.8) is 0 Å². The Morgan fingerprint density at radius 1 is 1.16 bits per heavy atom. The molecule has 0 aliphatic heterocycles. The van der Waals surface area contributed by atoms with Crippen LogP contribution in [0.15, 0.2) is 35.0 Å². The van der Waals surface area contributed by atoms with Crippen LogP contribution in [0, 0.1) is 13.8 Å². The second-order valence-electron chi connectivity index (χ2n) is 5.90. The Labute approximate surface area is 156 Å². The molecule has 0 aliphatic rings. The van der Waals surface area contributed by atoms with Gasteiger partial charge >= 0.3 is 0 Å². The third kappa shape index (κ3) is 3.57. The summed E-state index contributed by atoms with van der Waals surface area (Å²) in [7, 11) is 0. The Morgan fingerprint density at radius 2 is 1.92 bits per heavy atom. The van der Waals surface area contributed by atoms with Crippen LogP contribution >= 0.6 is 23.2 Å². The van der Waals surface area contributed by atoms with Gasteiger partial charge < -0.3 is 15.6 Å². The maximum Gasteiger partial charge on any atom is 0.146 e. The number of nitrogens with two attached hydrogens (primary N) is 1. The van der Waals surface area contributed by atoms with Crippen LogP contribution in [0.1, 0.15) is 30.0 Å². The molecule has 3 N–H and O–H groups in total. The lowest BCUT2D eigenvalue weighted by Crippen LogP contribution is -2.09. The molecule has 25 heavy (non-hydrogen) atoms. The Kier molecular flexibility index (Phi) is 4.88. The van der Waals surface area contributed by atoms with Crippen molar-refractivity contribution in [2.24, 2.45) is 0 Å². The van der Waals surface area contributed by atoms with Crippen molar-refractivity contribution < 1.29 is 4.52 Å². The molecule has 1 unspecified atom stereocenters. The fourth-order valence-corrected chi connectivity index (χ4v) is 3.03. The Balaban J connectivity index is 1.92. The normalized spacial score (nSPS) is 12.2. The van der Waals surface area contributed by atoms with Crippen LogP contribution in [0.4, 0.5) is 11.5 Å². The van der Waals surface area contributed by atoms with Crippen molar-refractivity contribution in [1.29, 1.82) is 0 Å². The molecule has 0 spiro atoms. The smallest absolute Gasteiger partial charge is 0.146 e. The highest BCUT2D eigenvalue weighted by molar-refractivity contribution is 6.42. The summed E-state index contributed by atoms with van der Waals surface area (Å²) in [6, 6.07) is 7.46. The van der Waals surface area contributed by atoms with Crippen molar-refractivity contribution in [2.45, 2.75) is 26.8 Å². The SMILES string of the molecule is Cc1noc(C)c1-c1cnc(N)c(NC(C)c2ccc(Cl)c(Cl)c2)c1. The third-order valence-electron chi connectivity index (χ3n) is 4.06. The minimum atomic E-state index is -0.0289. The minimum Gasteiger partial charge on any atom is -0.382 e. The standard InChI is InChI=1S/C18H18Cl2N4O/c1-9(12-4-5-14(19)15(20)6-12)23-16-7-13(8-22-18(16)21)17-10(2)24-25-11(17)3/h4-9,23H,1-3H3,(H2,21,22). The summed E-state index contributed by atoms with van der Waals surface area (Å²) in [5, 5.41) is 8.41. The monoisotopic (exact) mass is 376 g/mol. The average Bonchev–Trinajstić information content (AvgIpc) is 2.91. The molecule has 0 amide bonds. The van der Waals surface area contributed by atoms with Crippen molar-refractivity contribution in [3.05, 3.63) is 57.5 Å². The molecule has 1 aromatic carbocycles. The lowest BCUT2D eigenvalue weighted by Gasteiger charge is -2.18. The average molecular weight is 377 g/mol. The predicted molar refractivity (Wildman–Crippen MR) is 102 cm³/mol. The molecule has 0 bridgehead atoms. The number of nitrogens with one attached hydrogen (secondary N) is 1. The van der Waals surface area contributed by atoms with Gasteiger partial charge in [-0.2, -0.15) is 0 Å². The molecule has 1 atom stereocenters. The Morgan fingerprint density at radius 3 is 2.56 bits per heavy atom. The molecule has 2 heterocycles. The van der Waals surface area contributed by atoms with Gasteiger partial charge in [0.25, 0.3) is 0 Å². The van der Waals surface area contributed by atoms with Gasteiger partial charge in [0.15, 0.2) is 0 Å². The van der Waals surface area contributed by atoms with Crippen LogP contribution < -0.4 is 11.1 Å². The fourth-order valence-electron chi connectivity index (χ4n) is 2.72. The highest BCUT2D eigenvalue weighted by Crippen LogP contribution is 2.32. The van der Waals surface area contributed by atoms with Gasteiger partial charge in [-0.05, 0) is 44.5 Å². The quantitative estimate of drug-likeness (QED) is 0.635. The molecule has 0 fully saturated rings. The van der Waals surface area contributed by atoms with Crippen LogP contribution in [0.5, 0.6) is 0 Å². The number of nitrogen functional groups attached to an aromatic ring is 1. The van der Waals surface area contributed by atoms with Crippen LogP contribution in [-0.4, -0.2) is 10.1 Å². The molecular formula is C18H18Cl2N4O. The Hall–Kier alpha value is -2.24. The first kappa shape index (κ1) is 17.6. The summed E-state index contributed by atoms with van der Waals surface area (Å²) >= 11 is 12.1. The van der Waals surface area contributed by atoms with Crippen LogP contribution in [-0.2, 0) is 0 Å². The van der Waals surface area contributed by atoms with E-state index in [1.807, 2.05) is 39.0 Å². The number of nitrogens with zero attached hydrogens (tertiary/aromatic N) is 2. The number of rotatable bonds is 4. The van der Waals surface area contributed by atoms with Gasteiger partial charge in [-0.3, -0.25) is 0 Å². The molecule has 7 heteroatoms. The van der Waals surface area contributed by atoms with E-state index in [0.29, 0.717) is 15.9 Å². The lowest BCUT2D eigenvalue weighted by atomic mass is 10.0. The molecule has 2 aromatic heterocycles. The number of pyridine rings is 1. The second-order valence-corrected chi connectivity index (χ2v) is 6.71. The molecule has 3 rings (SSSR count). The van der Waals surface area contributed by atoms with Gasteiger partial charge in [0.1, 0.15) is 11.6 Å². The lowest BCUT2D eigenvalue weighted by molar-refractivity contribution is 0.393. The maximum absolute atomic E-state index is 6.11. The van der Waals surface area contributed by atoms with Gasteiger partial charge in [0.05, 0.1) is 21.4 Å². The molecule has 3 aromatic rings. The summed E-state index contributed by atoms with van der Waals surface area (Å²) in [5.41, 5.74) is 10.4. The van der Waals surface area contributed by atoms with Crippen LogP contribution in [0.2, 0.25) is 10.0 Å². The van der Waals surface area contributed by atoms with E-state index in [0.717, 1.165) is 33.8 Å². The number of benzene rings is 1. The first-order chi connectivity index (χ1) is 11.9. The zero-order valence-electron chi connectivity index (χ0n) is 14.1. The number of halogens is 2. The van der Waals surface area contributed by atoms with E-state index in [4.69, 9.17) is 33.5 Å². The first-order valence-electron chi connectivity index (χ1n) is 7.77. The van der Waals surface area contributed by atoms with Gasteiger partial charge in [0.2, 0.25) is 0 Å². The minimum absolute atomic E-state index is 0.0289. The fraction of sp³-hybridized carbons (Fsp3) is 0.222. The number of anilines is 2. The molecule has 5 nitrogen and oxygen atoms in total. The molecule has 0 saturated heterocycles. The largest absolute Gasteiger partial charge is 0.382 e. The van der Waals surface area contributed by atoms with E-state index in [2.05, 4.69) is 15.5 Å². The molecular weight excluding hydrogens is 359 g/mol. The highest BCUT2D eigenvalue weighted by Gasteiger charge is 2.15. The molecule has 0 radical (unpaired) electrons. The first-order valence-corrected chi connectivity index (χ1v) is 8.52. The van der Waals surface area contributed by atoms with E-state index < -0.39 is 0 Å². The zero-order chi connectivity index (χ0) is 18.1. The van der Waals surface area contributed by atoms with E-state index in [-0.39, 0.29) is 6.04 Å². The van der Waals surface area contributed by atoms with Crippen molar-refractivity contribution in [2.75, 3.05) is 11.1 Å². The number of aromatic nitrogens is 2. The third-order valence-corrected chi connectivity index (χ3v) is 4.80. The Bertz CT molecular complexity index is 904.